The van der Waals surface area contributed by atoms with E-state index in [4.69, 9.17) is 0 Å². The van der Waals surface area contributed by atoms with Crippen molar-refractivity contribution < 1.29 is 66.5 Å². The number of ether oxygens (including phenoxy) is 1. The second-order valence-corrected chi connectivity index (χ2v) is 7.20. The third-order valence-electron chi connectivity index (χ3n) is 3.28. The molecule has 0 spiro atoms. The summed E-state index contributed by atoms with van der Waals surface area (Å²) in [6.07, 6.45) is 0. The quantitative estimate of drug-likeness (QED) is 0.117. The summed E-state index contributed by atoms with van der Waals surface area (Å²) in [5.41, 5.74) is -0.141. The van der Waals surface area contributed by atoms with Crippen molar-refractivity contribution in [3.8, 4) is 0 Å². The molecule has 1 fully saturated rings. The summed E-state index contributed by atoms with van der Waals surface area (Å²) in [4.78, 5) is 44.7. The van der Waals surface area contributed by atoms with E-state index in [-0.39, 0.29) is 45.3 Å². The van der Waals surface area contributed by atoms with Gasteiger partial charge in [-0.1, -0.05) is 5.16 Å². The minimum absolute atomic E-state index is 0. The molecule has 0 radical (unpaired) electrons. The van der Waals surface area contributed by atoms with Gasteiger partial charge in [-0.3, -0.25) is 9.59 Å². The molecular formula is C12H13N4NaO8S2. The zero-order valence-electron chi connectivity index (χ0n) is 14.7. The number of carbonyl (C=O) groups excluding carboxylic acids is 3. The number of nitrogens with one attached hydrogen (secondary N) is 1. The van der Waals surface area contributed by atoms with Crippen LogP contribution in [0.1, 0.15) is 10.7 Å². The molecule has 2 rings (SSSR count). The molecule has 2 amide bonds. The van der Waals surface area contributed by atoms with Gasteiger partial charge in [0.1, 0.15) is 18.8 Å². The van der Waals surface area contributed by atoms with Gasteiger partial charge in [0.25, 0.3) is 11.8 Å². The van der Waals surface area contributed by atoms with Crippen molar-refractivity contribution in [1.82, 2.24) is 14.6 Å². The van der Waals surface area contributed by atoms with Gasteiger partial charge in [-0.05, 0) is 6.92 Å². The number of nitrogens with zero attached hydrogens (tertiary/aromatic N) is 3. The Morgan fingerprint density at radius 1 is 1.41 bits per heavy atom. The predicted molar refractivity (Wildman–Crippen MR) is 84.7 cm³/mol. The van der Waals surface area contributed by atoms with Crippen molar-refractivity contribution in [3.63, 3.8) is 0 Å². The third kappa shape index (κ3) is 4.83. The first-order valence-electron chi connectivity index (χ1n) is 6.83. The summed E-state index contributed by atoms with van der Waals surface area (Å²) in [7, 11) is -3.13. The van der Waals surface area contributed by atoms with Gasteiger partial charge >= 0.3 is 35.5 Å². The summed E-state index contributed by atoms with van der Waals surface area (Å²) in [5, 5.41) is 7.82. The van der Waals surface area contributed by atoms with Gasteiger partial charge in [0, 0.05) is 5.38 Å². The molecule has 0 bridgehead atoms. The van der Waals surface area contributed by atoms with Crippen molar-refractivity contribution in [2.75, 3.05) is 14.2 Å². The molecule has 142 valence electrons. The molecule has 0 unspecified atom stereocenters. The molecule has 12 nitrogen and oxygen atoms in total. The molecular weight excluding hydrogens is 415 g/mol. The van der Waals surface area contributed by atoms with E-state index in [1.807, 2.05) is 0 Å². The van der Waals surface area contributed by atoms with E-state index in [0.717, 1.165) is 7.11 Å². The van der Waals surface area contributed by atoms with Crippen LogP contribution in [-0.2, 0) is 34.3 Å². The van der Waals surface area contributed by atoms with Gasteiger partial charge in [-0.25, -0.2) is 22.5 Å². The maximum absolute atomic E-state index is 12.4. The molecule has 1 aliphatic heterocycles. The maximum Gasteiger partial charge on any atom is 1.00 e. The van der Waals surface area contributed by atoms with Gasteiger partial charge in [0.2, 0.25) is 0 Å². The molecule has 1 saturated heterocycles. The Kier molecular flexibility index (Phi) is 7.88. The fourth-order valence-electron chi connectivity index (χ4n) is 2.18. The topological polar surface area (TPSA) is 167 Å². The Bertz CT molecular complexity index is 884. The van der Waals surface area contributed by atoms with Crippen molar-refractivity contribution in [3.05, 3.63) is 16.1 Å². The molecule has 27 heavy (non-hydrogen) atoms. The van der Waals surface area contributed by atoms with Gasteiger partial charge in [0.15, 0.2) is 22.1 Å². The first kappa shape index (κ1) is 23.5. The summed E-state index contributed by atoms with van der Waals surface area (Å²) in [6.45, 7) is 1.69. The van der Waals surface area contributed by atoms with Crippen LogP contribution in [0.2, 0.25) is 0 Å². The van der Waals surface area contributed by atoms with Crippen LogP contribution in [0.25, 0.3) is 0 Å². The molecule has 1 aromatic heterocycles. The normalized spacial score (nSPS) is 19.6. The Labute approximate surface area is 180 Å². The number of amides is 2. The van der Waals surface area contributed by atoms with E-state index in [1.165, 1.54) is 23.8 Å². The minimum atomic E-state index is -5.25. The first-order valence-corrected chi connectivity index (χ1v) is 9.07. The zero-order valence-corrected chi connectivity index (χ0v) is 18.3. The summed E-state index contributed by atoms with van der Waals surface area (Å²) >= 11 is 1.23. The van der Waals surface area contributed by atoms with Crippen LogP contribution in [-0.4, -0.2) is 72.1 Å². The molecule has 1 aliphatic rings. The zero-order chi connectivity index (χ0) is 19.6. The summed E-state index contributed by atoms with van der Waals surface area (Å²) in [6, 6.07) is -3.42. The molecule has 15 heteroatoms. The SMILES string of the molecule is CON=C(C(=O)N[C@H]1C(=O)N(S(=O)(=O)[O-])[C@H]1C(=O)OC)c1csc(C)n1.[Na+]. The number of β-lactam (4-membered cyclic amide) rings is 1. The van der Waals surface area contributed by atoms with E-state index in [1.54, 1.807) is 6.92 Å². The number of oxime groups is 1. The van der Waals surface area contributed by atoms with Crippen molar-refractivity contribution in [1.29, 1.82) is 0 Å². The van der Waals surface area contributed by atoms with E-state index in [0.29, 0.717) is 5.01 Å². The number of aryl methyl sites for hydroxylation is 1. The van der Waals surface area contributed by atoms with E-state index in [9.17, 15) is 27.4 Å². The molecule has 2 heterocycles. The van der Waals surface area contributed by atoms with Crippen molar-refractivity contribution >= 4 is 45.1 Å². The Balaban J connectivity index is 0.00000364. The van der Waals surface area contributed by atoms with Crippen molar-refractivity contribution in [2.45, 2.75) is 19.0 Å². The molecule has 2 atom stereocenters. The average molecular weight is 428 g/mol. The van der Waals surface area contributed by atoms with E-state index in [2.05, 4.69) is 25.0 Å². The van der Waals surface area contributed by atoms with Crippen LogP contribution in [0.4, 0.5) is 0 Å². The summed E-state index contributed by atoms with van der Waals surface area (Å²) in [5.74, 6) is -3.40. The Morgan fingerprint density at radius 3 is 2.48 bits per heavy atom. The molecule has 0 aromatic carbocycles. The Morgan fingerprint density at radius 2 is 2.04 bits per heavy atom. The van der Waals surface area contributed by atoms with Gasteiger partial charge in [0.05, 0.1) is 12.1 Å². The molecule has 0 aliphatic carbocycles. The fourth-order valence-corrected chi connectivity index (χ4v) is 3.60. The smallest absolute Gasteiger partial charge is 0.731 e. The second-order valence-electron chi connectivity index (χ2n) is 4.89. The van der Waals surface area contributed by atoms with E-state index >= 15 is 0 Å². The van der Waals surface area contributed by atoms with Gasteiger partial charge in [-0.2, -0.15) is 0 Å². The molecule has 0 saturated carbocycles. The van der Waals surface area contributed by atoms with Crippen LogP contribution >= 0.6 is 11.3 Å². The van der Waals surface area contributed by atoms with E-state index < -0.39 is 40.2 Å². The summed E-state index contributed by atoms with van der Waals surface area (Å²) < 4.78 is 37.6. The number of hydrogen-bond acceptors (Lipinski definition) is 11. The number of carbonyl (C=O) groups is 3. The standard InChI is InChI=1S/C12H14N4O8S2.Na/c1-5-13-6(4-25-5)7(15-24-3)10(17)14-8-9(12(19)23-2)16(11(8)18)26(20,21)22;/h4,8-9H,1-3H3,(H,14,17)(H,20,21,22);/q;+1/p-1/t8-,9-;/m1./s1. The largest absolute Gasteiger partial charge is 1.00 e. The number of esters is 1. The number of rotatable bonds is 6. The molecule has 1 aromatic rings. The monoisotopic (exact) mass is 428 g/mol. The number of thiazole rings is 1. The van der Waals surface area contributed by atoms with Crippen LogP contribution in [0.5, 0.6) is 0 Å². The van der Waals surface area contributed by atoms with Crippen LogP contribution < -0.4 is 34.9 Å². The number of aromatic nitrogens is 1. The van der Waals surface area contributed by atoms with Gasteiger partial charge in [-0.15, -0.1) is 11.3 Å². The first-order chi connectivity index (χ1) is 12.1. The average Bonchev–Trinajstić information content (AvgIpc) is 2.98. The van der Waals surface area contributed by atoms with Gasteiger partial charge < -0.3 is 19.4 Å². The van der Waals surface area contributed by atoms with Crippen molar-refractivity contribution in [2.24, 2.45) is 5.16 Å². The predicted octanol–water partition coefficient (Wildman–Crippen LogP) is -4.87. The number of hydrogen-bond donors (Lipinski definition) is 1. The minimum Gasteiger partial charge on any atom is -0.731 e. The van der Waals surface area contributed by atoms with Crippen LogP contribution in [0, 0.1) is 6.92 Å². The Hall–Kier alpha value is -1.58. The van der Waals surface area contributed by atoms with Crippen LogP contribution in [0.15, 0.2) is 10.5 Å². The van der Waals surface area contributed by atoms with Crippen LogP contribution in [0.3, 0.4) is 0 Å². The second kappa shape index (κ2) is 9.07. The number of methoxy groups -OCH3 is 1. The molecule has 1 N–H and O–H groups in total. The third-order valence-corrected chi connectivity index (χ3v) is 4.94. The fraction of sp³-hybridized carbons (Fsp3) is 0.417. The maximum atomic E-state index is 12.4.